The Kier molecular flexibility index (Phi) is 5.71. The van der Waals surface area contributed by atoms with Crippen molar-refractivity contribution in [3.05, 3.63) is 41.9 Å². The van der Waals surface area contributed by atoms with Crippen LogP contribution in [0, 0.1) is 0 Å². The first kappa shape index (κ1) is 18.6. The first-order chi connectivity index (χ1) is 12.5. The molecule has 1 amide bonds. The topological polar surface area (TPSA) is 63.1 Å². The maximum Gasteiger partial charge on any atom is 0.254 e. The van der Waals surface area contributed by atoms with E-state index >= 15 is 0 Å². The molecule has 1 fully saturated rings. The molecule has 0 aliphatic carbocycles. The number of hydrogen-bond acceptors (Lipinski definition) is 4. The van der Waals surface area contributed by atoms with Crippen LogP contribution in [0.4, 0.5) is 0 Å². The Balaban J connectivity index is 1.71. The number of carbonyl (C=O) groups is 1. The third-order valence-corrected chi connectivity index (χ3v) is 5.21. The monoisotopic (exact) mass is 355 g/mol. The van der Waals surface area contributed by atoms with Gasteiger partial charge in [-0.25, -0.2) is 9.67 Å². The average molecular weight is 355 g/mol. The molecule has 1 saturated heterocycles. The molecule has 0 bridgehead atoms. The molecule has 6 nitrogen and oxygen atoms in total. The molecule has 6 heteroatoms. The SMILES string of the molecule is CCc1c(C(=O)NCC(C)(C)N2CCCCC2)cnn1-c1ccccn1. The van der Waals surface area contributed by atoms with Gasteiger partial charge in [0.25, 0.3) is 5.91 Å². The number of aromatic nitrogens is 3. The van der Waals surface area contributed by atoms with Gasteiger partial charge in [-0.1, -0.05) is 19.4 Å². The quantitative estimate of drug-likeness (QED) is 0.865. The predicted molar refractivity (Wildman–Crippen MR) is 103 cm³/mol. The molecule has 3 rings (SSSR count). The van der Waals surface area contributed by atoms with Crippen molar-refractivity contribution in [2.24, 2.45) is 0 Å². The fourth-order valence-corrected chi connectivity index (χ4v) is 3.58. The van der Waals surface area contributed by atoms with Gasteiger partial charge in [-0.15, -0.1) is 0 Å². The van der Waals surface area contributed by atoms with E-state index < -0.39 is 0 Å². The van der Waals surface area contributed by atoms with Crippen molar-refractivity contribution in [2.75, 3.05) is 19.6 Å². The van der Waals surface area contributed by atoms with Gasteiger partial charge in [0.1, 0.15) is 0 Å². The number of nitrogens with zero attached hydrogens (tertiary/aromatic N) is 4. The number of hydrogen-bond donors (Lipinski definition) is 1. The van der Waals surface area contributed by atoms with Crippen LogP contribution in [0.2, 0.25) is 0 Å². The third-order valence-electron chi connectivity index (χ3n) is 5.21. The zero-order chi connectivity index (χ0) is 18.6. The Bertz CT molecular complexity index is 732. The van der Waals surface area contributed by atoms with Gasteiger partial charge in [0.05, 0.1) is 17.5 Å². The van der Waals surface area contributed by atoms with E-state index in [1.54, 1.807) is 17.1 Å². The predicted octanol–water partition coefficient (Wildman–Crippen LogP) is 2.82. The summed E-state index contributed by atoms with van der Waals surface area (Å²) in [4.78, 5) is 19.6. The molecule has 1 N–H and O–H groups in total. The summed E-state index contributed by atoms with van der Waals surface area (Å²) >= 11 is 0. The van der Waals surface area contributed by atoms with Crippen molar-refractivity contribution >= 4 is 5.91 Å². The summed E-state index contributed by atoms with van der Waals surface area (Å²) in [6, 6.07) is 5.69. The van der Waals surface area contributed by atoms with Crippen molar-refractivity contribution in [2.45, 2.75) is 52.0 Å². The Labute approximate surface area is 155 Å². The van der Waals surface area contributed by atoms with Crippen LogP contribution in [-0.2, 0) is 6.42 Å². The van der Waals surface area contributed by atoms with Crippen molar-refractivity contribution in [3.63, 3.8) is 0 Å². The number of piperidine rings is 1. The van der Waals surface area contributed by atoms with Crippen molar-refractivity contribution in [1.82, 2.24) is 25.0 Å². The van der Waals surface area contributed by atoms with Crippen LogP contribution in [0.5, 0.6) is 0 Å². The van der Waals surface area contributed by atoms with Crippen LogP contribution in [0.1, 0.15) is 56.1 Å². The maximum atomic E-state index is 12.8. The van der Waals surface area contributed by atoms with E-state index in [0.717, 1.165) is 31.0 Å². The molecule has 1 aliphatic rings. The van der Waals surface area contributed by atoms with E-state index in [1.165, 1.54) is 19.3 Å². The Morgan fingerprint density at radius 3 is 2.65 bits per heavy atom. The minimum Gasteiger partial charge on any atom is -0.350 e. The van der Waals surface area contributed by atoms with Gasteiger partial charge >= 0.3 is 0 Å². The molecule has 3 heterocycles. The molecule has 1 aliphatic heterocycles. The minimum absolute atomic E-state index is 0.0422. The van der Waals surface area contributed by atoms with Crippen LogP contribution in [0.25, 0.3) is 5.82 Å². The smallest absolute Gasteiger partial charge is 0.254 e. The fraction of sp³-hybridized carbons (Fsp3) is 0.550. The minimum atomic E-state index is -0.0610. The maximum absolute atomic E-state index is 12.8. The lowest BCUT2D eigenvalue weighted by atomic mass is 9.98. The molecule has 0 saturated carbocycles. The van der Waals surface area contributed by atoms with Gasteiger partial charge < -0.3 is 5.32 Å². The number of rotatable bonds is 6. The number of carbonyl (C=O) groups excluding carboxylic acids is 1. The van der Waals surface area contributed by atoms with E-state index in [2.05, 4.69) is 34.1 Å². The molecular weight excluding hydrogens is 326 g/mol. The van der Waals surface area contributed by atoms with Crippen LogP contribution < -0.4 is 5.32 Å². The Morgan fingerprint density at radius 1 is 1.23 bits per heavy atom. The lowest BCUT2D eigenvalue weighted by Gasteiger charge is -2.41. The molecule has 0 aromatic carbocycles. The summed E-state index contributed by atoms with van der Waals surface area (Å²) in [5.74, 6) is 0.672. The third kappa shape index (κ3) is 3.96. The Hall–Kier alpha value is -2.21. The summed E-state index contributed by atoms with van der Waals surface area (Å²) in [5.41, 5.74) is 1.48. The van der Waals surface area contributed by atoms with E-state index in [9.17, 15) is 4.79 Å². The number of likely N-dealkylation sites (tertiary alicyclic amines) is 1. The van der Waals surface area contributed by atoms with E-state index in [0.29, 0.717) is 12.1 Å². The summed E-state index contributed by atoms with van der Waals surface area (Å²) in [6.07, 6.45) is 7.90. The van der Waals surface area contributed by atoms with Crippen molar-refractivity contribution in [1.29, 1.82) is 0 Å². The molecule has 0 radical (unpaired) electrons. The lowest BCUT2D eigenvalue weighted by Crippen LogP contribution is -2.53. The molecule has 0 atom stereocenters. The van der Waals surface area contributed by atoms with Gasteiger partial charge in [-0.05, 0) is 58.3 Å². The molecule has 0 unspecified atom stereocenters. The summed E-state index contributed by atoms with van der Waals surface area (Å²) in [6.45, 7) is 9.29. The number of pyridine rings is 1. The first-order valence-corrected chi connectivity index (χ1v) is 9.54. The van der Waals surface area contributed by atoms with Crippen molar-refractivity contribution < 1.29 is 4.79 Å². The molecule has 140 valence electrons. The molecule has 2 aromatic heterocycles. The van der Waals surface area contributed by atoms with Gasteiger partial charge in [0.15, 0.2) is 5.82 Å². The first-order valence-electron chi connectivity index (χ1n) is 9.54. The highest BCUT2D eigenvalue weighted by molar-refractivity contribution is 5.95. The largest absolute Gasteiger partial charge is 0.350 e. The van der Waals surface area contributed by atoms with Crippen LogP contribution in [0.15, 0.2) is 30.6 Å². The summed E-state index contributed by atoms with van der Waals surface area (Å²) in [5, 5.41) is 7.52. The standard InChI is InChI=1S/C20H29N5O/c1-4-17-16(14-23-25(17)18-10-6-7-11-21-18)19(26)22-15-20(2,3)24-12-8-5-9-13-24/h6-7,10-11,14H,4-5,8-9,12-13,15H2,1-3H3,(H,22,26). The van der Waals surface area contributed by atoms with Gasteiger partial charge in [0, 0.05) is 18.3 Å². The second-order valence-electron chi connectivity index (χ2n) is 7.50. The normalized spacial score (nSPS) is 15.8. The zero-order valence-electron chi connectivity index (χ0n) is 16.0. The number of amides is 1. The van der Waals surface area contributed by atoms with Crippen LogP contribution in [-0.4, -0.2) is 50.7 Å². The second kappa shape index (κ2) is 7.99. The highest BCUT2D eigenvalue weighted by Gasteiger charge is 2.29. The lowest BCUT2D eigenvalue weighted by molar-refractivity contribution is 0.0797. The summed E-state index contributed by atoms with van der Waals surface area (Å²) < 4.78 is 1.75. The molecular formula is C20H29N5O. The highest BCUT2D eigenvalue weighted by atomic mass is 16.1. The van der Waals surface area contributed by atoms with Crippen LogP contribution in [0.3, 0.4) is 0 Å². The zero-order valence-corrected chi connectivity index (χ0v) is 16.0. The van der Waals surface area contributed by atoms with E-state index in [-0.39, 0.29) is 11.4 Å². The van der Waals surface area contributed by atoms with Gasteiger partial charge in [0.2, 0.25) is 0 Å². The average Bonchev–Trinajstić information content (AvgIpc) is 3.12. The van der Waals surface area contributed by atoms with E-state index in [4.69, 9.17) is 0 Å². The van der Waals surface area contributed by atoms with Gasteiger partial charge in [-0.3, -0.25) is 9.69 Å². The van der Waals surface area contributed by atoms with Gasteiger partial charge in [-0.2, -0.15) is 5.10 Å². The van der Waals surface area contributed by atoms with E-state index in [1.807, 2.05) is 25.1 Å². The molecule has 0 spiro atoms. The fourth-order valence-electron chi connectivity index (χ4n) is 3.58. The second-order valence-corrected chi connectivity index (χ2v) is 7.50. The number of nitrogens with one attached hydrogen (secondary N) is 1. The Morgan fingerprint density at radius 2 is 2.00 bits per heavy atom. The van der Waals surface area contributed by atoms with Crippen molar-refractivity contribution in [3.8, 4) is 5.82 Å². The molecule has 2 aromatic rings. The summed E-state index contributed by atoms with van der Waals surface area (Å²) in [7, 11) is 0. The molecule has 26 heavy (non-hydrogen) atoms. The highest BCUT2D eigenvalue weighted by Crippen LogP contribution is 2.20. The van der Waals surface area contributed by atoms with Crippen LogP contribution >= 0.6 is 0 Å².